The largest absolute Gasteiger partial charge is 0.490 e. The fraction of sp³-hybridized carbons (Fsp3) is 0.143. The van der Waals surface area contributed by atoms with Crippen molar-refractivity contribution in [3.63, 3.8) is 0 Å². The summed E-state index contributed by atoms with van der Waals surface area (Å²) in [6.45, 7) is 6.19. The van der Waals surface area contributed by atoms with Gasteiger partial charge < -0.3 is 14.1 Å². The van der Waals surface area contributed by atoms with Gasteiger partial charge in [0.15, 0.2) is 5.43 Å². The van der Waals surface area contributed by atoms with E-state index in [0.717, 1.165) is 16.7 Å². The minimum absolute atomic E-state index is 0.0672. The van der Waals surface area contributed by atoms with E-state index in [-0.39, 0.29) is 17.1 Å². The van der Waals surface area contributed by atoms with E-state index in [2.05, 4.69) is 6.58 Å². The van der Waals surface area contributed by atoms with E-state index in [0.29, 0.717) is 40.5 Å². The van der Waals surface area contributed by atoms with Crippen LogP contribution in [-0.4, -0.2) is 17.4 Å². The predicted molar refractivity (Wildman–Crippen MR) is 133 cm³/mol. The van der Waals surface area contributed by atoms with Crippen LogP contribution in [0.5, 0.6) is 5.75 Å². The topological polar surface area (TPSA) is 59.8 Å². The molecular formula is C28H22ClNO4. The number of hydrogen-bond acceptors (Lipinski definition) is 4. The van der Waals surface area contributed by atoms with Crippen molar-refractivity contribution in [3.05, 3.63) is 123 Å². The maximum Gasteiger partial charge on any atom is 0.291 e. The van der Waals surface area contributed by atoms with Gasteiger partial charge >= 0.3 is 0 Å². The highest BCUT2D eigenvalue weighted by Gasteiger charge is 2.42. The highest BCUT2D eigenvalue weighted by molar-refractivity contribution is 6.32. The van der Waals surface area contributed by atoms with E-state index in [9.17, 15) is 9.59 Å². The van der Waals surface area contributed by atoms with Gasteiger partial charge in [0.2, 0.25) is 5.76 Å². The third kappa shape index (κ3) is 3.78. The molecule has 1 aromatic heterocycles. The van der Waals surface area contributed by atoms with Crippen LogP contribution in [0.15, 0.2) is 88.6 Å². The van der Waals surface area contributed by atoms with Gasteiger partial charge in [-0.25, -0.2) is 0 Å². The average Bonchev–Trinajstić information content (AvgIpc) is 3.11. The number of carbonyl (C=O) groups excluding carboxylic acids is 1. The average molecular weight is 472 g/mol. The normalized spacial score (nSPS) is 14.9. The van der Waals surface area contributed by atoms with Gasteiger partial charge in [-0.15, -0.1) is 0 Å². The van der Waals surface area contributed by atoms with Crippen LogP contribution in [-0.2, 0) is 6.54 Å². The lowest BCUT2D eigenvalue weighted by Gasteiger charge is -2.25. The summed E-state index contributed by atoms with van der Waals surface area (Å²) in [5.41, 5.74) is 2.88. The molecule has 0 aliphatic carbocycles. The number of halogens is 1. The number of fused-ring (bicyclic) bond motifs is 2. The minimum Gasteiger partial charge on any atom is -0.490 e. The fourth-order valence-corrected chi connectivity index (χ4v) is 4.52. The summed E-state index contributed by atoms with van der Waals surface area (Å²) in [7, 11) is 0. The smallest absolute Gasteiger partial charge is 0.291 e. The monoisotopic (exact) mass is 471 g/mol. The van der Waals surface area contributed by atoms with Crippen LogP contribution in [0.4, 0.5) is 0 Å². The van der Waals surface area contributed by atoms with Crippen LogP contribution >= 0.6 is 11.6 Å². The quantitative estimate of drug-likeness (QED) is 0.320. The highest BCUT2D eigenvalue weighted by atomic mass is 35.5. The van der Waals surface area contributed by atoms with E-state index in [1.165, 1.54) is 0 Å². The van der Waals surface area contributed by atoms with Gasteiger partial charge in [-0.05, 0) is 47.9 Å². The Labute approximate surface area is 201 Å². The third-order valence-corrected chi connectivity index (χ3v) is 6.39. The van der Waals surface area contributed by atoms with Crippen LogP contribution in [0.2, 0.25) is 5.02 Å². The van der Waals surface area contributed by atoms with Crippen molar-refractivity contribution >= 4 is 28.5 Å². The Kier molecular flexibility index (Phi) is 5.72. The summed E-state index contributed by atoms with van der Waals surface area (Å²) in [5.74, 6) is 0.368. The Balaban J connectivity index is 1.71. The molecule has 1 atom stereocenters. The maximum atomic E-state index is 13.7. The zero-order valence-corrected chi connectivity index (χ0v) is 19.3. The lowest BCUT2D eigenvalue weighted by Crippen LogP contribution is -2.29. The molecule has 0 fully saturated rings. The summed E-state index contributed by atoms with van der Waals surface area (Å²) in [5, 5.41) is 0.828. The zero-order valence-electron chi connectivity index (χ0n) is 18.6. The van der Waals surface area contributed by atoms with Gasteiger partial charge in [0.25, 0.3) is 5.91 Å². The molecule has 34 heavy (non-hydrogen) atoms. The highest BCUT2D eigenvalue weighted by Crippen LogP contribution is 2.40. The molecule has 5 nitrogen and oxygen atoms in total. The summed E-state index contributed by atoms with van der Waals surface area (Å²) >= 11 is 6.32. The molecule has 0 saturated carbocycles. The first-order valence-electron chi connectivity index (χ1n) is 10.9. The first kappa shape index (κ1) is 22.0. The Morgan fingerprint density at radius 3 is 2.65 bits per heavy atom. The van der Waals surface area contributed by atoms with Crippen LogP contribution in [0.3, 0.4) is 0 Å². The minimum atomic E-state index is -0.629. The van der Waals surface area contributed by atoms with E-state index in [1.54, 1.807) is 23.1 Å². The summed E-state index contributed by atoms with van der Waals surface area (Å²) in [4.78, 5) is 29.0. The molecule has 6 heteroatoms. The summed E-state index contributed by atoms with van der Waals surface area (Å²) < 4.78 is 11.8. The lowest BCUT2D eigenvalue weighted by molar-refractivity contribution is 0.0714. The molecule has 3 aromatic carbocycles. The maximum absolute atomic E-state index is 13.7. The molecule has 5 rings (SSSR count). The number of amides is 1. The number of rotatable bonds is 6. The van der Waals surface area contributed by atoms with Gasteiger partial charge in [0.05, 0.1) is 17.0 Å². The molecule has 1 aliphatic heterocycles. The molecule has 0 saturated heterocycles. The molecule has 0 radical (unpaired) electrons. The fourth-order valence-electron chi connectivity index (χ4n) is 4.36. The Morgan fingerprint density at radius 1 is 1.09 bits per heavy atom. The van der Waals surface area contributed by atoms with E-state index in [1.807, 2.05) is 61.5 Å². The molecule has 170 valence electrons. The molecule has 1 aliphatic rings. The second kappa shape index (κ2) is 8.84. The summed E-state index contributed by atoms with van der Waals surface area (Å²) in [6.07, 6.45) is 1.66. The standard InChI is InChI=1S/C28H22ClNO4/c1-3-12-33-20-11-7-10-19(14-20)25-24-26(31)21-15-22(29)17(2)13-23(21)34-27(24)28(32)30(25)16-18-8-5-4-6-9-18/h3-11,13-15,25H,1,12,16H2,2H3. The van der Waals surface area contributed by atoms with Crippen molar-refractivity contribution in [1.29, 1.82) is 0 Å². The lowest BCUT2D eigenvalue weighted by atomic mass is 9.97. The van der Waals surface area contributed by atoms with Gasteiger partial charge in [-0.2, -0.15) is 0 Å². The predicted octanol–water partition coefficient (Wildman–Crippen LogP) is 6.07. The SMILES string of the molecule is C=CCOc1cccc(C2c3c(oc4cc(C)c(Cl)cc4c3=O)C(=O)N2Cc2ccccc2)c1. The van der Waals surface area contributed by atoms with E-state index < -0.39 is 6.04 Å². The molecule has 0 spiro atoms. The Morgan fingerprint density at radius 2 is 1.88 bits per heavy atom. The van der Waals surface area contributed by atoms with E-state index in [4.69, 9.17) is 20.8 Å². The van der Waals surface area contributed by atoms with Crippen molar-refractivity contribution in [2.24, 2.45) is 0 Å². The van der Waals surface area contributed by atoms with Gasteiger partial charge in [-0.1, -0.05) is 66.7 Å². The molecular weight excluding hydrogens is 450 g/mol. The number of benzene rings is 3. The van der Waals surface area contributed by atoms with Gasteiger partial charge in [0, 0.05) is 11.6 Å². The first-order valence-corrected chi connectivity index (χ1v) is 11.3. The zero-order chi connectivity index (χ0) is 23.8. The Bertz CT molecular complexity index is 1480. The number of hydrogen-bond donors (Lipinski definition) is 0. The molecule has 1 amide bonds. The number of nitrogens with zero attached hydrogens (tertiary/aromatic N) is 1. The number of ether oxygens (including phenoxy) is 1. The first-order chi connectivity index (χ1) is 16.5. The Hall–Kier alpha value is -3.83. The second-order valence-corrected chi connectivity index (χ2v) is 8.67. The van der Waals surface area contributed by atoms with Crippen molar-refractivity contribution in [2.75, 3.05) is 6.61 Å². The van der Waals surface area contributed by atoms with Crippen molar-refractivity contribution < 1.29 is 13.9 Å². The molecule has 1 unspecified atom stereocenters. The number of carbonyl (C=O) groups is 1. The van der Waals surface area contributed by atoms with Gasteiger partial charge in [0.1, 0.15) is 17.9 Å². The van der Waals surface area contributed by atoms with Crippen molar-refractivity contribution in [2.45, 2.75) is 19.5 Å². The molecule has 0 N–H and O–H groups in total. The van der Waals surface area contributed by atoms with Crippen molar-refractivity contribution in [3.8, 4) is 5.75 Å². The van der Waals surface area contributed by atoms with Crippen LogP contribution < -0.4 is 10.2 Å². The van der Waals surface area contributed by atoms with Crippen LogP contribution in [0.1, 0.15) is 38.9 Å². The van der Waals surface area contributed by atoms with Gasteiger partial charge in [-0.3, -0.25) is 9.59 Å². The number of aryl methyl sites for hydroxylation is 1. The van der Waals surface area contributed by atoms with Crippen LogP contribution in [0, 0.1) is 6.92 Å². The van der Waals surface area contributed by atoms with Crippen LogP contribution in [0.25, 0.3) is 11.0 Å². The molecule has 4 aromatic rings. The third-order valence-electron chi connectivity index (χ3n) is 5.98. The molecule has 0 bridgehead atoms. The van der Waals surface area contributed by atoms with E-state index >= 15 is 0 Å². The summed E-state index contributed by atoms with van der Waals surface area (Å²) in [6, 6.07) is 19.8. The van der Waals surface area contributed by atoms with Crippen molar-refractivity contribution in [1.82, 2.24) is 4.90 Å². The second-order valence-electron chi connectivity index (χ2n) is 8.26. The molecule has 2 heterocycles.